The molecule has 1 amide bonds. The maximum Gasteiger partial charge on any atom is 0.257 e. The number of rotatable bonds is 8. The van der Waals surface area contributed by atoms with E-state index in [1.807, 2.05) is 13.0 Å². The van der Waals surface area contributed by atoms with Gasteiger partial charge in [0, 0.05) is 14.1 Å². The van der Waals surface area contributed by atoms with E-state index in [0.29, 0.717) is 12.3 Å². The van der Waals surface area contributed by atoms with Crippen LogP contribution in [0.1, 0.15) is 72.7 Å². The molecule has 1 aromatic heterocycles. The Balaban J connectivity index is 1.56. The molecule has 174 valence electrons. The predicted molar refractivity (Wildman–Crippen MR) is 127 cm³/mol. The van der Waals surface area contributed by atoms with Crippen LogP contribution in [0.4, 0.5) is 17.1 Å². The zero-order chi connectivity index (χ0) is 23.7. The van der Waals surface area contributed by atoms with E-state index in [1.165, 1.54) is 29.4 Å². The van der Waals surface area contributed by atoms with Gasteiger partial charge in [0.05, 0.1) is 23.6 Å². The molecule has 0 radical (unpaired) electrons. The number of phenols is 1. The quantitative estimate of drug-likeness (QED) is 0.347. The first-order valence-electron chi connectivity index (χ1n) is 11.3. The van der Waals surface area contributed by atoms with Crippen LogP contribution >= 0.6 is 0 Å². The number of anilines is 3. The van der Waals surface area contributed by atoms with Crippen LogP contribution in [0.5, 0.6) is 5.75 Å². The number of phenolic OH excluding ortho intramolecular Hbond substituents is 1. The van der Waals surface area contributed by atoms with Crippen LogP contribution in [0.15, 0.2) is 44.5 Å². The first-order valence-corrected chi connectivity index (χ1v) is 11.3. The largest absolute Gasteiger partial charge is 0.505 e. The van der Waals surface area contributed by atoms with Gasteiger partial charge in [-0.15, -0.1) is 0 Å². The van der Waals surface area contributed by atoms with Crippen molar-refractivity contribution >= 4 is 23.0 Å². The van der Waals surface area contributed by atoms with E-state index in [0.717, 1.165) is 18.6 Å². The maximum absolute atomic E-state index is 12.3. The van der Waals surface area contributed by atoms with E-state index in [4.69, 9.17) is 4.42 Å². The van der Waals surface area contributed by atoms with Gasteiger partial charge in [-0.25, -0.2) is 0 Å². The van der Waals surface area contributed by atoms with Crippen molar-refractivity contribution in [3.8, 4) is 5.75 Å². The van der Waals surface area contributed by atoms with Crippen molar-refractivity contribution in [2.24, 2.45) is 0 Å². The molecule has 1 aliphatic rings. The van der Waals surface area contributed by atoms with Crippen LogP contribution in [0.3, 0.4) is 0 Å². The first kappa shape index (κ1) is 22.6. The summed E-state index contributed by atoms with van der Waals surface area (Å²) in [6.45, 7) is 1.97. The van der Waals surface area contributed by atoms with Crippen LogP contribution in [-0.4, -0.2) is 30.0 Å². The normalized spacial score (nSPS) is 15.0. The van der Waals surface area contributed by atoms with E-state index in [-0.39, 0.29) is 40.3 Å². The number of nitrogens with zero attached hydrogens (tertiary/aromatic N) is 1. The maximum atomic E-state index is 12.3. The van der Waals surface area contributed by atoms with Crippen LogP contribution in [0, 0.1) is 0 Å². The van der Waals surface area contributed by atoms with Gasteiger partial charge in [-0.2, -0.15) is 0 Å². The van der Waals surface area contributed by atoms with Crippen molar-refractivity contribution in [1.82, 2.24) is 4.90 Å². The van der Waals surface area contributed by atoms with Crippen molar-refractivity contribution in [3.05, 3.63) is 67.9 Å². The number of nitrogens with one attached hydrogen (secondary N) is 2. The number of amides is 1. The fourth-order valence-electron chi connectivity index (χ4n) is 4.41. The highest BCUT2D eigenvalue weighted by Gasteiger charge is 2.27. The summed E-state index contributed by atoms with van der Waals surface area (Å²) in [5.74, 6) is 0.583. The lowest BCUT2D eigenvalue weighted by Crippen LogP contribution is -2.37. The van der Waals surface area contributed by atoms with Crippen molar-refractivity contribution in [3.63, 3.8) is 0 Å². The van der Waals surface area contributed by atoms with Gasteiger partial charge in [-0.05, 0) is 48.9 Å². The van der Waals surface area contributed by atoms with E-state index < -0.39 is 10.9 Å². The van der Waals surface area contributed by atoms with Gasteiger partial charge in [0.2, 0.25) is 0 Å². The lowest BCUT2D eigenvalue weighted by atomic mass is 9.99. The molecule has 0 spiro atoms. The van der Waals surface area contributed by atoms with Gasteiger partial charge in [-0.1, -0.05) is 25.8 Å². The molecule has 1 atom stereocenters. The lowest BCUT2D eigenvalue weighted by molar-refractivity contribution is 0.0824. The highest BCUT2D eigenvalue weighted by Crippen LogP contribution is 2.37. The van der Waals surface area contributed by atoms with Crippen molar-refractivity contribution in [2.45, 2.75) is 51.0 Å². The summed E-state index contributed by atoms with van der Waals surface area (Å²) < 4.78 is 5.81. The van der Waals surface area contributed by atoms with E-state index in [1.54, 1.807) is 32.5 Å². The predicted octanol–water partition coefficient (Wildman–Crippen LogP) is 4.25. The molecule has 1 fully saturated rings. The van der Waals surface area contributed by atoms with E-state index in [2.05, 4.69) is 10.6 Å². The summed E-state index contributed by atoms with van der Waals surface area (Å²) >= 11 is 0. The summed E-state index contributed by atoms with van der Waals surface area (Å²) in [5, 5.41) is 16.5. The Hall–Kier alpha value is -3.55. The number of hydrogen-bond donors (Lipinski definition) is 3. The molecule has 8 heteroatoms. The molecule has 1 saturated carbocycles. The molecule has 0 bridgehead atoms. The Morgan fingerprint density at radius 2 is 1.88 bits per heavy atom. The second-order valence-corrected chi connectivity index (χ2v) is 8.80. The molecular formula is C25H29N3O5. The topological polar surface area (TPSA) is 112 Å². The molecule has 0 saturated heterocycles. The smallest absolute Gasteiger partial charge is 0.257 e. The summed E-state index contributed by atoms with van der Waals surface area (Å²) in [4.78, 5) is 38.3. The standard InChI is InChI=1S/C25H29N3O5/c1-4-17(19-12-15(13-33-19)14-8-5-6-9-14)26-20-21(24(31)23(20)30)27-18-11-7-10-16(22(18)29)25(32)28(2)3/h7,10-14,17,26-27,29H,4-6,8-9H2,1-3H3/t17-/m1/s1. The second kappa shape index (κ2) is 9.13. The average Bonchev–Trinajstić information content (AvgIpc) is 3.51. The second-order valence-electron chi connectivity index (χ2n) is 8.80. The molecule has 1 aliphatic carbocycles. The number of hydrogen-bond acceptors (Lipinski definition) is 7. The summed E-state index contributed by atoms with van der Waals surface area (Å²) in [6.07, 6.45) is 7.22. The van der Waals surface area contributed by atoms with Gasteiger partial charge in [0.15, 0.2) is 5.75 Å². The zero-order valence-electron chi connectivity index (χ0n) is 19.1. The van der Waals surface area contributed by atoms with E-state index in [9.17, 15) is 19.5 Å². The molecule has 2 aromatic carbocycles. The molecule has 4 rings (SSSR count). The van der Waals surface area contributed by atoms with Gasteiger partial charge < -0.3 is 25.1 Å². The molecule has 3 N–H and O–H groups in total. The Morgan fingerprint density at radius 3 is 2.55 bits per heavy atom. The Morgan fingerprint density at radius 1 is 1.18 bits per heavy atom. The molecule has 0 aliphatic heterocycles. The lowest BCUT2D eigenvalue weighted by Gasteiger charge is -2.21. The number of para-hydroxylation sites is 1. The zero-order valence-corrected chi connectivity index (χ0v) is 19.1. The van der Waals surface area contributed by atoms with Gasteiger partial charge in [0.25, 0.3) is 16.8 Å². The number of benzene rings is 1. The number of carbonyl (C=O) groups is 1. The summed E-state index contributed by atoms with van der Waals surface area (Å²) in [6, 6.07) is 6.40. The average molecular weight is 452 g/mol. The van der Waals surface area contributed by atoms with Crippen molar-refractivity contribution in [2.75, 3.05) is 24.7 Å². The van der Waals surface area contributed by atoms with Crippen LogP contribution < -0.4 is 21.5 Å². The third-order valence-corrected chi connectivity index (χ3v) is 6.38. The van der Waals surface area contributed by atoms with Crippen LogP contribution in [0.25, 0.3) is 0 Å². The Kier molecular flexibility index (Phi) is 6.26. The first-order chi connectivity index (χ1) is 15.8. The molecule has 3 aromatic rings. The van der Waals surface area contributed by atoms with Gasteiger partial charge in [0.1, 0.15) is 17.1 Å². The van der Waals surface area contributed by atoms with Crippen LogP contribution in [-0.2, 0) is 0 Å². The SMILES string of the molecule is CC[C@@H](Nc1c(Nc2cccc(C(=O)N(C)C)c2O)c(=O)c1=O)c1cc(C2CCCC2)co1. The Labute approximate surface area is 191 Å². The minimum absolute atomic E-state index is 0.0609. The molecule has 8 nitrogen and oxygen atoms in total. The summed E-state index contributed by atoms with van der Waals surface area (Å²) in [5.41, 5.74) is 0.353. The van der Waals surface area contributed by atoms with Crippen LogP contribution in [0.2, 0.25) is 0 Å². The van der Waals surface area contributed by atoms with Gasteiger partial charge >= 0.3 is 0 Å². The monoisotopic (exact) mass is 451 g/mol. The van der Waals surface area contributed by atoms with E-state index >= 15 is 0 Å². The van der Waals surface area contributed by atoms with Crippen molar-refractivity contribution < 1.29 is 14.3 Å². The van der Waals surface area contributed by atoms with Crippen molar-refractivity contribution in [1.29, 1.82) is 0 Å². The number of aromatic hydroxyl groups is 1. The minimum Gasteiger partial charge on any atom is -0.505 e. The molecule has 33 heavy (non-hydrogen) atoms. The summed E-state index contributed by atoms with van der Waals surface area (Å²) in [7, 11) is 3.16. The third kappa shape index (κ3) is 4.25. The fourth-order valence-corrected chi connectivity index (χ4v) is 4.41. The molecule has 1 heterocycles. The number of carbonyl (C=O) groups excluding carboxylic acids is 1. The molecular weight excluding hydrogens is 422 g/mol. The number of furan rings is 1. The highest BCUT2D eigenvalue weighted by molar-refractivity contribution is 5.99. The fraction of sp³-hybridized carbons (Fsp3) is 0.400. The van der Waals surface area contributed by atoms with Gasteiger partial charge in [-0.3, -0.25) is 14.4 Å². The Bertz CT molecular complexity index is 1230. The highest BCUT2D eigenvalue weighted by atomic mass is 16.3. The third-order valence-electron chi connectivity index (χ3n) is 6.38. The minimum atomic E-state index is -0.679. The molecule has 0 unspecified atom stereocenters.